The minimum absolute atomic E-state index is 0.0355. The third-order valence-electron chi connectivity index (χ3n) is 3.14. The van der Waals surface area contributed by atoms with Crippen molar-refractivity contribution >= 4 is 37.2 Å². The van der Waals surface area contributed by atoms with Gasteiger partial charge >= 0.3 is 5.97 Å². The maximum Gasteiger partial charge on any atom is 0.346 e. The van der Waals surface area contributed by atoms with Crippen LogP contribution in [0.2, 0.25) is 0 Å². The van der Waals surface area contributed by atoms with Crippen molar-refractivity contribution in [1.29, 1.82) is 0 Å². The zero-order valence-electron chi connectivity index (χ0n) is 11.2. The number of hydrogen-bond donors (Lipinski definition) is 2. The van der Waals surface area contributed by atoms with E-state index in [1.54, 1.807) is 0 Å². The van der Waals surface area contributed by atoms with Crippen LogP contribution in [0, 0.1) is 6.92 Å². The number of carbonyl (C=O) groups is 1. The number of nitrogens with one attached hydrogen (secondary N) is 1. The van der Waals surface area contributed by atoms with Gasteiger partial charge in [0.05, 0.1) is 11.5 Å². The van der Waals surface area contributed by atoms with Crippen molar-refractivity contribution in [1.82, 2.24) is 4.72 Å². The Morgan fingerprint density at radius 3 is 2.67 bits per heavy atom. The molecule has 0 aromatic carbocycles. The van der Waals surface area contributed by atoms with E-state index >= 15 is 0 Å². The van der Waals surface area contributed by atoms with E-state index in [0.29, 0.717) is 29.7 Å². The third-order valence-corrected chi connectivity index (χ3v) is 8.18. The molecule has 0 spiro atoms. The van der Waals surface area contributed by atoms with Crippen molar-refractivity contribution in [3.8, 4) is 0 Å². The number of aryl methyl sites for hydroxylation is 1. The van der Waals surface area contributed by atoms with Gasteiger partial charge in [-0.3, -0.25) is 0 Å². The van der Waals surface area contributed by atoms with E-state index in [9.17, 15) is 21.6 Å². The van der Waals surface area contributed by atoms with Crippen molar-refractivity contribution in [3.63, 3.8) is 0 Å². The number of sulfonamides is 1. The average Bonchev–Trinajstić information content (AvgIpc) is 2.70. The van der Waals surface area contributed by atoms with Gasteiger partial charge in [0, 0.05) is 6.04 Å². The minimum atomic E-state index is -3.90. The monoisotopic (exact) mass is 353 g/mol. The molecule has 2 N–H and O–H groups in total. The Bertz CT molecular complexity index is 762. The number of thiophene rings is 1. The summed E-state index contributed by atoms with van der Waals surface area (Å²) in [5, 5.41) is 8.95. The largest absolute Gasteiger partial charge is 0.477 e. The number of aromatic carboxylic acids is 1. The van der Waals surface area contributed by atoms with Crippen LogP contribution in [0.4, 0.5) is 0 Å². The molecule has 21 heavy (non-hydrogen) atoms. The lowest BCUT2D eigenvalue weighted by atomic mass is 10.2. The number of sulfone groups is 1. The average molecular weight is 353 g/mol. The molecule has 118 valence electrons. The van der Waals surface area contributed by atoms with E-state index < -0.39 is 31.9 Å². The van der Waals surface area contributed by atoms with Crippen LogP contribution in [-0.4, -0.2) is 45.5 Å². The summed E-state index contributed by atoms with van der Waals surface area (Å²) in [5.74, 6) is -1.33. The molecule has 1 unspecified atom stereocenters. The molecule has 1 fully saturated rings. The topological polar surface area (TPSA) is 118 Å². The van der Waals surface area contributed by atoms with Crippen molar-refractivity contribution in [2.24, 2.45) is 0 Å². The molecule has 0 saturated carbocycles. The highest BCUT2D eigenvalue weighted by Gasteiger charge is 2.30. The third kappa shape index (κ3) is 3.82. The van der Waals surface area contributed by atoms with Crippen LogP contribution in [0.5, 0.6) is 0 Å². The summed E-state index contributed by atoms with van der Waals surface area (Å²) in [5.41, 5.74) is 0.365. The maximum atomic E-state index is 12.2. The van der Waals surface area contributed by atoms with Crippen LogP contribution in [0.15, 0.2) is 10.3 Å². The van der Waals surface area contributed by atoms with Crippen molar-refractivity contribution in [3.05, 3.63) is 16.5 Å². The fraction of sp³-hybridized carbons (Fsp3) is 0.545. The lowest BCUT2D eigenvalue weighted by Gasteiger charge is -2.22. The Balaban J connectivity index is 2.23. The standard InChI is InChI=1S/C11H15NO6S3/c1-7-5-9(19-10(7)11(13)14)21(17,18)12-8-3-2-4-20(15,16)6-8/h5,8,12H,2-4,6H2,1H3,(H,13,14). The van der Waals surface area contributed by atoms with Gasteiger partial charge in [0.25, 0.3) is 0 Å². The zero-order chi connectivity index (χ0) is 15.8. The molecule has 0 aliphatic carbocycles. The fourth-order valence-corrected chi connectivity index (χ4v) is 6.60. The second-order valence-electron chi connectivity index (χ2n) is 4.96. The summed E-state index contributed by atoms with van der Waals surface area (Å²) < 4.78 is 49.7. The summed E-state index contributed by atoms with van der Waals surface area (Å²) in [6.07, 6.45) is 0.869. The molecule has 0 bridgehead atoms. The van der Waals surface area contributed by atoms with Crippen molar-refractivity contribution in [2.75, 3.05) is 11.5 Å². The summed E-state index contributed by atoms with van der Waals surface area (Å²) in [6, 6.07) is 0.623. The van der Waals surface area contributed by atoms with Gasteiger partial charge in [-0.2, -0.15) is 0 Å². The maximum absolute atomic E-state index is 12.2. The molecule has 1 aromatic rings. The summed E-state index contributed by atoms with van der Waals surface area (Å²) in [7, 11) is -7.13. The van der Waals surface area contributed by atoms with E-state index in [4.69, 9.17) is 5.11 Å². The Labute approximate surface area is 127 Å². The Morgan fingerprint density at radius 1 is 1.48 bits per heavy atom. The summed E-state index contributed by atoms with van der Waals surface area (Å²) >= 11 is 0.664. The molecule has 0 radical (unpaired) electrons. The molecule has 0 amide bonds. The van der Waals surface area contributed by atoms with Gasteiger partial charge in [-0.05, 0) is 31.4 Å². The SMILES string of the molecule is Cc1cc(S(=O)(=O)NC2CCCS(=O)(=O)C2)sc1C(=O)O. The molecular weight excluding hydrogens is 338 g/mol. The smallest absolute Gasteiger partial charge is 0.346 e. The highest BCUT2D eigenvalue weighted by molar-refractivity contribution is 7.92. The molecule has 1 saturated heterocycles. The number of carboxylic acid groups (broad SMARTS) is 1. The molecule has 1 atom stereocenters. The van der Waals surface area contributed by atoms with Crippen LogP contribution in [0.25, 0.3) is 0 Å². The number of rotatable bonds is 4. The lowest BCUT2D eigenvalue weighted by Crippen LogP contribution is -2.42. The summed E-state index contributed by atoms with van der Waals surface area (Å²) in [4.78, 5) is 10.9. The van der Waals surface area contributed by atoms with Crippen molar-refractivity contribution in [2.45, 2.75) is 30.0 Å². The summed E-state index contributed by atoms with van der Waals surface area (Å²) in [6.45, 7) is 1.52. The van der Waals surface area contributed by atoms with Crippen LogP contribution < -0.4 is 4.72 Å². The predicted octanol–water partition coefficient (Wildman–Crippen LogP) is 0.610. The minimum Gasteiger partial charge on any atom is -0.477 e. The van der Waals surface area contributed by atoms with Crippen LogP contribution in [-0.2, 0) is 19.9 Å². The van der Waals surface area contributed by atoms with Crippen molar-refractivity contribution < 1.29 is 26.7 Å². The number of carboxylic acids is 1. The van der Waals surface area contributed by atoms with Gasteiger partial charge in [-0.15, -0.1) is 11.3 Å². The van der Waals surface area contributed by atoms with E-state index in [1.807, 2.05) is 0 Å². The van der Waals surface area contributed by atoms with Gasteiger partial charge in [0.15, 0.2) is 9.84 Å². The van der Waals surface area contributed by atoms with E-state index in [1.165, 1.54) is 13.0 Å². The van der Waals surface area contributed by atoms with Crippen LogP contribution >= 0.6 is 11.3 Å². The quantitative estimate of drug-likeness (QED) is 0.819. The first kappa shape index (κ1) is 16.4. The Morgan fingerprint density at radius 2 is 2.14 bits per heavy atom. The van der Waals surface area contributed by atoms with Gasteiger partial charge in [0.1, 0.15) is 9.09 Å². The first-order chi connectivity index (χ1) is 9.61. The fourth-order valence-electron chi connectivity index (χ4n) is 2.19. The molecule has 1 aliphatic heterocycles. The number of hydrogen-bond acceptors (Lipinski definition) is 6. The highest BCUT2D eigenvalue weighted by atomic mass is 32.2. The Kier molecular flexibility index (Phi) is 4.43. The van der Waals surface area contributed by atoms with Crippen LogP contribution in [0.1, 0.15) is 28.1 Å². The van der Waals surface area contributed by atoms with Gasteiger partial charge < -0.3 is 5.11 Å². The first-order valence-corrected chi connectivity index (χ1v) is 10.3. The predicted molar refractivity (Wildman–Crippen MR) is 78.0 cm³/mol. The molecule has 1 aromatic heterocycles. The lowest BCUT2D eigenvalue weighted by molar-refractivity contribution is 0.0701. The van der Waals surface area contributed by atoms with Gasteiger partial charge in [-0.25, -0.2) is 26.4 Å². The van der Waals surface area contributed by atoms with Crippen LogP contribution in [0.3, 0.4) is 0 Å². The molecule has 7 nitrogen and oxygen atoms in total. The second kappa shape index (κ2) is 5.67. The normalized spacial score (nSPS) is 22.0. The second-order valence-corrected chi connectivity index (χ2v) is 10.2. The molecule has 2 rings (SSSR count). The van der Waals surface area contributed by atoms with Gasteiger partial charge in [0.2, 0.25) is 10.0 Å². The zero-order valence-corrected chi connectivity index (χ0v) is 13.6. The van der Waals surface area contributed by atoms with Gasteiger partial charge in [-0.1, -0.05) is 0 Å². The highest BCUT2D eigenvalue weighted by Crippen LogP contribution is 2.26. The molecule has 1 aliphatic rings. The molecular formula is C11H15NO6S3. The first-order valence-electron chi connectivity index (χ1n) is 6.17. The molecule has 10 heteroatoms. The van der Waals surface area contributed by atoms with E-state index in [-0.39, 0.29) is 20.6 Å². The Hall–Kier alpha value is -0.970. The van der Waals surface area contributed by atoms with E-state index in [2.05, 4.69) is 4.72 Å². The molecule has 2 heterocycles. The van der Waals surface area contributed by atoms with E-state index in [0.717, 1.165) is 0 Å².